The van der Waals surface area contributed by atoms with E-state index in [1.54, 1.807) is 4.98 Å². The molecule has 2 rings (SSSR count). The number of alkyl halides is 3. The fourth-order valence-electron chi connectivity index (χ4n) is 1.95. The van der Waals surface area contributed by atoms with Gasteiger partial charge < -0.3 is 14.9 Å². The van der Waals surface area contributed by atoms with E-state index in [-0.39, 0.29) is 6.42 Å². The first kappa shape index (κ1) is 14.8. The molecule has 0 amide bonds. The van der Waals surface area contributed by atoms with Crippen molar-refractivity contribution in [1.29, 1.82) is 0 Å². The van der Waals surface area contributed by atoms with E-state index in [0.29, 0.717) is 10.8 Å². The minimum atomic E-state index is -4.92. The maximum atomic E-state index is 12.6. The Morgan fingerprint density at radius 3 is 2.60 bits per heavy atom. The topological polar surface area (TPSA) is 105 Å². The smallest absolute Gasteiger partial charge is 0.394 e. The Morgan fingerprint density at radius 2 is 2.10 bits per heavy atom. The van der Waals surface area contributed by atoms with Crippen LogP contribution in [0.3, 0.4) is 0 Å². The van der Waals surface area contributed by atoms with Crippen LogP contribution in [-0.4, -0.2) is 38.6 Å². The largest absolute Gasteiger partial charge is 0.423 e. The monoisotopic (exact) mass is 296 g/mol. The first-order chi connectivity index (χ1) is 9.24. The number of nitrogens with zero attached hydrogens (tertiary/aromatic N) is 1. The van der Waals surface area contributed by atoms with Crippen molar-refractivity contribution in [3.8, 4) is 0 Å². The summed E-state index contributed by atoms with van der Waals surface area (Å²) < 4.78 is 43.4. The van der Waals surface area contributed by atoms with Crippen LogP contribution < -0.4 is 11.2 Å². The molecule has 0 radical (unpaired) electrons. The Labute approximate surface area is 109 Å². The summed E-state index contributed by atoms with van der Waals surface area (Å²) in [5.41, 5.74) is -4.17. The zero-order chi connectivity index (χ0) is 15.1. The molecule has 1 aliphatic rings. The lowest BCUT2D eigenvalue weighted by atomic mass is 10.2. The van der Waals surface area contributed by atoms with Crippen molar-refractivity contribution >= 4 is 0 Å². The van der Waals surface area contributed by atoms with Gasteiger partial charge in [0.05, 0.1) is 12.7 Å². The van der Waals surface area contributed by atoms with E-state index < -0.39 is 48.0 Å². The molecule has 1 aliphatic heterocycles. The Bertz CT molecular complexity index is 608. The van der Waals surface area contributed by atoms with Crippen molar-refractivity contribution in [1.82, 2.24) is 9.55 Å². The maximum Gasteiger partial charge on any atom is 0.423 e. The molecular weight excluding hydrogens is 285 g/mol. The summed E-state index contributed by atoms with van der Waals surface area (Å²) >= 11 is 0. The summed E-state index contributed by atoms with van der Waals surface area (Å²) in [6.07, 6.45) is -8.04. The first-order valence-electron chi connectivity index (χ1n) is 5.61. The van der Waals surface area contributed by atoms with Crippen molar-refractivity contribution in [3.05, 3.63) is 32.6 Å². The molecule has 1 saturated heterocycles. The average Bonchev–Trinajstić information content (AvgIpc) is 2.68. The lowest BCUT2D eigenvalue weighted by Gasteiger charge is -2.16. The molecule has 1 fully saturated rings. The van der Waals surface area contributed by atoms with Crippen LogP contribution >= 0.6 is 0 Å². The van der Waals surface area contributed by atoms with E-state index in [1.165, 1.54) is 0 Å². The summed E-state index contributed by atoms with van der Waals surface area (Å²) in [6, 6.07) is 0. The van der Waals surface area contributed by atoms with Gasteiger partial charge in [-0.3, -0.25) is 14.3 Å². The molecular formula is C10H11F3N2O5. The van der Waals surface area contributed by atoms with Gasteiger partial charge in [-0.2, -0.15) is 13.2 Å². The predicted octanol–water partition coefficient (Wildman–Crippen LogP) is -0.804. The summed E-state index contributed by atoms with van der Waals surface area (Å²) in [5, 5.41) is 18.4. The highest BCUT2D eigenvalue weighted by molar-refractivity contribution is 5.09. The van der Waals surface area contributed by atoms with Crippen LogP contribution in [0.25, 0.3) is 0 Å². The number of aliphatic hydroxyl groups excluding tert-OH is 2. The summed E-state index contributed by atoms with van der Waals surface area (Å²) in [4.78, 5) is 24.2. The van der Waals surface area contributed by atoms with Crippen LogP contribution in [0.5, 0.6) is 0 Å². The van der Waals surface area contributed by atoms with Crippen molar-refractivity contribution in [2.45, 2.75) is 31.0 Å². The average molecular weight is 296 g/mol. The second-order valence-corrected chi connectivity index (χ2v) is 4.32. The molecule has 0 spiro atoms. The third kappa shape index (κ3) is 2.62. The highest BCUT2D eigenvalue weighted by atomic mass is 19.4. The molecule has 2 unspecified atom stereocenters. The minimum absolute atomic E-state index is 0.172. The van der Waals surface area contributed by atoms with Gasteiger partial charge in [0.25, 0.3) is 5.56 Å². The van der Waals surface area contributed by atoms with Gasteiger partial charge in [-0.15, -0.1) is 0 Å². The zero-order valence-electron chi connectivity index (χ0n) is 9.92. The van der Waals surface area contributed by atoms with Crippen LogP contribution in [0.2, 0.25) is 0 Å². The van der Waals surface area contributed by atoms with Gasteiger partial charge in [0.1, 0.15) is 17.9 Å². The van der Waals surface area contributed by atoms with Gasteiger partial charge in [0.15, 0.2) is 0 Å². The second kappa shape index (κ2) is 5.04. The van der Waals surface area contributed by atoms with Gasteiger partial charge in [0.2, 0.25) is 0 Å². The number of ether oxygens (including phenoxy) is 1. The van der Waals surface area contributed by atoms with Gasteiger partial charge in [0, 0.05) is 12.6 Å². The number of halogens is 3. The van der Waals surface area contributed by atoms with E-state index in [0.717, 1.165) is 0 Å². The molecule has 3 N–H and O–H groups in total. The number of hydrogen-bond donors (Lipinski definition) is 3. The molecule has 2 heterocycles. The molecule has 3 atom stereocenters. The lowest BCUT2D eigenvalue weighted by Crippen LogP contribution is -2.36. The van der Waals surface area contributed by atoms with Crippen LogP contribution in [0.15, 0.2) is 15.8 Å². The molecule has 1 aromatic heterocycles. The van der Waals surface area contributed by atoms with E-state index >= 15 is 0 Å². The second-order valence-electron chi connectivity index (χ2n) is 4.32. The lowest BCUT2D eigenvalue weighted by molar-refractivity contribution is -0.139. The van der Waals surface area contributed by atoms with E-state index in [2.05, 4.69) is 0 Å². The third-order valence-corrected chi connectivity index (χ3v) is 2.97. The van der Waals surface area contributed by atoms with Crippen molar-refractivity contribution in [2.75, 3.05) is 6.61 Å². The molecule has 10 heteroatoms. The SMILES string of the molecule is O=c1[nH]c(=O)n(C2CC(O)[C@@H](CO)O2)cc1C(F)(F)F. The molecule has 1 aromatic rings. The molecule has 0 bridgehead atoms. The maximum absolute atomic E-state index is 12.6. The number of aromatic nitrogens is 2. The number of hydrogen-bond acceptors (Lipinski definition) is 5. The molecule has 20 heavy (non-hydrogen) atoms. The fraction of sp³-hybridized carbons (Fsp3) is 0.600. The molecule has 112 valence electrons. The predicted molar refractivity (Wildman–Crippen MR) is 57.9 cm³/mol. The van der Waals surface area contributed by atoms with Crippen molar-refractivity contribution < 1.29 is 28.1 Å². The highest BCUT2D eigenvalue weighted by Gasteiger charge is 2.38. The zero-order valence-corrected chi connectivity index (χ0v) is 9.92. The Balaban J connectivity index is 2.43. The summed E-state index contributed by atoms with van der Waals surface area (Å²) in [5.74, 6) is 0. The number of aliphatic hydroxyl groups is 2. The molecule has 7 nitrogen and oxygen atoms in total. The first-order valence-corrected chi connectivity index (χ1v) is 5.61. The standard InChI is InChI=1S/C10H11F3N2O5/c11-10(12,13)4-2-15(9(19)14-8(4)18)7-1-5(17)6(3-16)20-7/h2,5-7,16-17H,1,3H2,(H,14,18,19)/t5?,6-,7?/m1/s1. The van der Waals surface area contributed by atoms with Crippen molar-refractivity contribution in [3.63, 3.8) is 0 Å². The van der Waals surface area contributed by atoms with Crippen molar-refractivity contribution in [2.24, 2.45) is 0 Å². The Kier molecular flexibility index (Phi) is 3.71. The van der Waals surface area contributed by atoms with Gasteiger partial charge >= 0.3 is 11.9 Å². The molecule has 0 aromatic carbocycles. The van der Waals surface area contributed by atoms with Crippen LogP contribution in [-0.2, 0) is 10.9 Å². The Hall–Kier alpha value is -1.65. The normalized spacial score (nSPS) is 26.9. The summed E-state index contributed by atoms with van der Waals surface area (Å²) in [7, 11) is 0. The van der Waals surface area contributed by atoms with Crippen LogP contribution in [0, 0.1) is 0 Å². The van der Waals surface area contributed by atoms with E-state index in [9.17, 15) is 27.9 Å². The van der Waals surface area contributed by atoms with Crippen LogP contribution in [0.4, 0.5) is 13.2 Å². The Morgan fingerprint density at radius 1 is 1.45 bits per heavy atom. The number of aromatic amines is 1. The fourth-order valence-corrected chi connectivity index (χ4v) is 1.95. The number of nitrogens with one attached hydrogen (secondary N) is 1. The minimum Gasteiger partial charge on any atom is -0.394 e. The summed E-state index contributed by atoms with van der Waals surface area (Å²) in [6.45, 7) is -0.540. The van der Waals surface area contributed by atoms with Gasteiger partial charge in [-0.05, 0) is 0 Å². The van der Waals surface area contributed by atoms with Gasteiger partial charge in [-0.25, -0.2) is 4.79 Å². The van der Waals surface area contributed by atoms with Crippen LogP contribution in [0.1, 0.15) is 18.2 Å². The van der Waals surface area contributed by atoms with E-state index in [4.69, 9.17) is 9.84 Å². The third-order valence-electron chi connectivity index (χ3n) is 2.97. The molecule has 0 saturated carbocycles. The molecule has 0 aliphatic carbocycles. The quantitative estimate of drug-likeness (QED) is 0.662. The van der Waals surface area contributed by atoms with Gasteiger partial charge in [-0.1, -0.05) is 0 Å². The number of H-pyrrole nitrogens is 1. The van der Waals surface area contributed by atoms with E-state index in [1.807, 2.05) is 0 Å². The number of rotatable bonds is 2. The highest BCUT2D eigenvalue weighted by Crippen LogP contribution is 2.30.